The Morgan fingerprint density at radius 3 is 2.84 bits per heavy atom. The van der Waals surface area contributed by atoms with Gasteiger partial charge in [0.25, 0.3) is 0 Å². The van der Waals surface area contributed by atoms with E-state index < -0.39 is 0 Å². The van der Waals surface area contributed by atoms with Gasteiger partial charge in [-0.05, 0) is 48.0 Å². The first-order valence-corrected chi connectivity index (χ1v) is 9.33. The summed E-state index contributed by atoms with van der Waals surface area (Å²) in [7, 11) is 0. The molecule has 2 N–H and O–H groups in total. The van der Waals surface area contributed by atoms with Crippen LogP contribution in [-0.2, 0) is 0 Å². The van der Waals surface area contributed by atoms with Crippen LogP contribution in [-0.4, -0.2) is 27.5 Å². The average molecular weight is 418 g/mol. The van der Waals surface area contributed by atoms with Crippen molar-refractivity contribution in [2.75, 3.05) is 11.9 Å². The number of urea groups is 1. The van der Waals surface area contributed by atoms with Gasteiger partial charge in [-0.1, -0.05) is 0 Å². The highest BCUT2D eigenvalue weighted by Crippen LogP contribution is 2.34. The van der Waals surface area contributed by atoms with Crippen LogP contribution in [0.3, 0.4) is 0 Å². The summed E-state index contributed by atoms with van der Waals surface area (Å²) in [6.45, 7) is 4.36. The van der Waals surface area contributed by atoms with Crippen molar-refractivity contribution in [3.05, 3.63) is 46.1 Å². The zero-order chi connectivity index (χ0) is 17.8. The predicted octanol–water partition coefficient (Wildman–Crippen LogP) is 4.48. The van der Waals surface area contributed by atoms with Crippen LogP contribution in [0.4, 0.5) is 10.6 Å². The number of pyridine rings is 2. The number of aryl methyl sites for hydroxylation is 1. The second-order valence-corrected chi connectivity index (χ2v) is 6.97. The molecular formula is C17H16BrN5OS. The van der Waals surface area contributed by atoms with Gasteiger partial charge >= 0.3 is 6.03 Å². The number of carbonyl (C=O) groups is 1. The summed E-state index contributed by atoms with van der Waals surface area (Å²) in [4.78, 5) is 24.9. The normalized spacial score (nSPS) is 10.5. The first-order chi connectivity index (χ1) is 12.1. The lowest BCUT2D eigenvalue weighted by atomic mass is 10.2. The maximum Gasteiger partial charge on any atom is 0.320 e. The van der Waals surface area contributed by atoms with Crippen molar-refractivity contribution in [3.8, 4) is 21.8 Å². The van der Waals surface area contributed by atoms with Gasteiger partial charge < -0.3 is 5.32 Å². The monoisotopic (exact) mass is 417 g/mol. The summed E-state index contributed by atoms with van der Waals surface area (Å²) in [5, 5.41) is 8.21. The standard InChI is InChI=1S/C17H16BrN5OS/c1-3-19-17(24)23-15-6-12(13(18)8-21-15)16-22-14(9-25-16)11-5-4-10(2)20-7-11/h4-9H,3H2,1-2H3,(H2,19,21,23,24). The summed E-state index contributed by atoms with van der Waals surface area (Å²) in [6.07, 6.45) is 3.48. The fraction of sp³-hybridized carbons (Fsp3) is 0.176. The SMILES string of the molecule is CCNC(=O)Nc1cc(-c2nc(-c3ccc(C)nc3)cs2)c(Br)cn1. The number of thiazole rings is 1. The highest BCUT2D eigenvalue weighted by atomic mass is 79.9. The summed E-state index contributed by atoms with van der Waals surface area (Å²) in [5.41, 5.74) is 3.68. The molecular weight excluding hydrogens is 402 g/mol. The van der Waals surface area contributed by atoms with E-state index in [0.717, 1.165) is 32.0 Å². The maximum atomic E-state index is 11.7. The molecule has 0 aliphatic rings. The van der Waals surface area contributed by atoms with E-state index in [-0.39, 0.29) is 6.03 Å². The molecule has 0 saturated carbocycles. The highest BCUT2D eigenvalue weighted by molar-refractivity contribution is 9.10. The zero-order valence-electron chi connectivity index (χ0n) is 13.7. The van der Waals surface area contributed by atoms with E-state index in [1.165, 1.54) is 11.3 Å². The van der Waals surface area contributed by atoms with E-state index in [2.05, 4.69) is 36.5 Å². The van der Waals surface area contributed by atoms with Crippen molar-refractivity contribution in [1.82, 2.24) is 20.3 Å². The molecule has 3 aromatic rings. The van der Waals surface area contributed by atoms with Crippen LogP contribution in [0.15, 0.2) is 40.4 Å². The summed E-state index contributed by atoms with van der Waals surface area (Å²) < 4.78 is 0.817. The van der Waals surface area contributed by atoms with Crippen molar-refractivity contribution < 1.29 is 4.79 Å². The Bertz CT molecular complexity index is 894. The molecule has 8 heteroatoms. The number of anilines is 1. The Labute approximate surface area is 157 Å². The third-order valence-electron chi connectivity index (χ3n) is 3.38. The number of nitrogens with one attached hydrogen (secondary N) is 2. The lowest BCUT2D eigenvalue weighted by molar-refractivity contribution is 0.252. The van der Waals surface area contributed by atoms with Gasteiger partial charge in [0.15, 0.2) is 0 Å². The zero-order valence-corrected chi connectivity index (χ0v) is 16.1. The maximum absolute atomic E-state index is 11.7. The molecule has 2 amide bonds. The molecule has 25 heavy (non-hydrogen) atoms. The third-order valence-corrected chi connectivity index (χ3v) is 4.88. The molecule has 3 heterocycles. The third kappa shape index (κ3) is 4.21. The van der Waals surface area contributed by atoms with E-state index in [0.29, 0.717) is 12.4 Å². The topological polar surface area (TPSA) is 79.8 Å². The van der Waals surface area contributed by atoms with E-state index >= 15 is 0 Å². The number of hydrogen-bond donors (Lipinski definition) is 2. The van der Waals surface area contributed by atoms with Gasteiger partial charge in [-0.15, -0.1) is 11.3 Å². The van der Waals surface area contributed by atoms with Crippen molar-refractivity contribution in [3.63, 3.8) is 0 Å². The molecule has 3 aromatic heterocycles. The fourth-order valence-corrected chi connectivity index (χ4v) is 3.54. The van der Waals surface area contributed by atoms with Gasteiger partial charge in [0.2, 0.25) is 0 Å². The minimum Gasteiger partial charge on any atom is -0.338 e. The van der Waals surface area contributed by atoms with Gasteiger partial charge in [0.1, 0.15) is 10.8 Å². The van der Waals surface area contributed by atoms with Crippen molar-refractivity contribution in [2.45, 2.75) is 13.8 Å². The lowest BCUT2D eigenvalue weighted by Gasteiger charge is -2.07. The molecule has 0 saturated heterocycles. The van der Waals surface area contributed by atoms with Crippen LogP contribution in [0.1, 0.15) is 12.6 Å². The molecule has 0 bridgehead atoms. The van der Waals surface area contributed by atoms with E-state index in [1.54, 1.807) is 12.3 Å². The van der Waals surface area contributed by atoms with Crippen LogP contribution in [0, 0.1) is 6.92 Å². The summed E-state index contributed by atoms with van der Waals surface area (Å²) in [5.74, 6) is 0.470. The number of halogens is 1. The number of aromatic nitrogens is 3. The molecule has 0 aliphatic heterocycles. The van der Waals surface area contributed by atoms with Crippen molar-refractivity contribution >= 4 is 39.1 Å². The lowest BCUT2D eigenvalue weighted by Crippen LogP contribution is -2.28. The number of amides is 2. The number of nitrogens with zero attached hydrogens (tertiary/aromatic N) is 3. The van der Waals surface area contributed by atoms with E-state index in [9.17, 15) is 4.79 Å². The number of carbonyl (C=O) groups excluding carboxylic acids is 1. The quantitative estimate of drug-likeness (QED) is 0.655. The van der Waals surface area contributed by atoms with Crippen LogP contribution >= 0.6 is 27.3 Å². The minimum absolute atomic E-state index is 0.283. The summed E-state index contributed by atoms with van der Waals surface area (Å²) >= 11 is 5.03. The Kier molecular flexibility index (Phi) is 5.40. The Hall–Kier alpha value is -2.32. The van der Waals surface area contributed by atoms with Gasteiger partial charge in [-0.2, -0.15) is 0 Å². The number of hydrogen-bond acceptors (Lipinski definition) is 5. The van der Waals surface area contributed by atoms with E-state index in [1.807, 2.05) is 37.6 Å². The van der Waals surface area contributed by atoms with Crippen molar-refractivity contribution in [2.24, 2.45) is 0 Å². The van der Waals surface area contributed by atoms with Crippen LogP contribution in [0.5, 0.6) is 0 Å². The first-order valence-electron chi connectivity index (χ1n) is 7.66. The molecule has 0 aliphatic carbocycles. The van der Waals surface area contributed by atoms with Gasteiger partial charge in [-0.3, -0.25) is 10.3 Å². The second kappa shape index (κ2) is 7.71. The van der Waals surface area contributed by atoms with Crippen LogP contribution < -0.4 is 10.6 Å². The van der Waals surface area contributed by atoms with Gasteiger partial charge in [0.05, 0.1) is 5.69 Å². The minimum atomic E-state index is -0.283. The molecule has 0 radical (unpaired) electrons. The largest absolute Gasteiger partial charge is 0.338 e. The number of rotatable bonds is 4. The molecule has 6 nitrogen and oxygen atoms in total. The predicted molar refractivity (Wildman–Crippen MR) is 104 cm³/mol. The van der Waals surface area contributed by atoms with Crippen molar-refractivity contribution in [1.29, 1.82) is 0 Å². The van der Waals surface area contributed by atoms with E-state index in [4.69, 9.17) is 4.98 Å². The van der Waals surface area contributed by atoms with Crippen LogP contribution in [0.2, 0.25) is 0 Å². The molecule has 0 unspecified atom stereocenters. The molecule has 3 rings (SSSR count). The highest BCUT2D eigenvalue weighted by Gasteiger charge is 2.12. The molecule has 0 atom stereocenters. The molecule has 0 fully saturated rings. The Morgan fingerprint density at radius 2 is 2.12 bits per heavy atom. The summed E-state index contributed by atoms with van der Waals surface area (Å²) in [6, 6.07) is 5.49. The average Bonchev–Trinajstić information content (AvgIpc) is 3.07. The van der Waals surface area contributed by atoms with Gasteiger partial charge in [-0.25, -0.2) is 14.8 Å². The first kappa shape index (κ1) is 17.5. The Morgan fingerprint density at radius 1 is 1.28 bits per heavy atom. The fourth-order valence-electron chi connectivity index (χ4n) is 2.14. The Balaban J connectivity index is 1.88. The van der Waals surface area contributed by atoms with Gasteiger partial charge in [0, 0.05) is 45.6 Å². The molecule has 0 aromatic carbocycles. The molecule has 0 spiro atoms. The second-order valence-electron chi connectivity index (χ2n) is 5.26. The van der Waals surface area contributed by atoms with Crippen LogP contribution in [0.25, 0.3) is 21.8 Å². The smallest absolute Gasteiger partial charge is 0.320 e. The molecule has 128 valence electrons.